The van der Waals surface area contributed by atoms with Crippen LogP contribution in [0.5, 0.6) is 0 Å². The maximum absolute atomic E-state index is 6.24. The fourth-order valence-electron chi connectivity index (χ4n) is 2.13. The molecule has 3 heterocycles. The van der Waals surface area contributed by atoms with Gasteiger partial charge in [-0.1, -0.05) is 0 Å². The Morgan fingerprint density at radius 2 is 2.11 bits per heavy atom. The van der Waals surface area contributed by atoms with Crippen LogP contribution in [0, 0.1) is 6.92 Å². The van der Waals surface area contributed by atoms with Gasteiger partial charge in [0.15, 0.2) is 5.65 Å². The van der Waals surface area contributed by atoms with E-state index in [0.717, 1.165) is 28.2 Å². The number of aryl methyl sites for hydroxylation is 2. The SMILES string of the molecule is Cc1cnc2c(c1)nc(C(C)Cl)n2-c1cnn(C)c1. The van der Waals surface area contributed by atoms with Crippen molar-refractivity contribution in [3.8, 4) is 5.69 Å². The molecule has 19 heavy (non-hydrogen) atoms. The summed E-state index contributed by atoms with van der Waals surface area (Å²) in [4.78, 5) is 9.06. The molecule has 0 N–H and O–H groups in total. The van der Waals surface area contributed by atoms with E-state index >= 15 is 0 Å². The summed E-state index contributed by atoms with van der Waals surface area (Å²) in [6.07, 6.45) is 5.54. The van der Waals surface area contributed by atoms with Crippen molar-refractivity contribution in [1.29, 1.82) is 0 Å². The Bertz CT molecular complexity index is 741. The van der Waals surface area contributed by atoms with Gasteiger partial charge in [0.25, 0.3) is 0 Å². The normalized spacial score (nSPS) is 13.1. The molecular formula is C13H14ClN5. The van der Waals surface area contributed by atoms with Gasteiger partial charge in [0.05, 0.1) is 17.3 Å². The van der Waals surface area contributed by atoms with E-state index in [4.69, 9.17) is 11.6 Å². The van der Waals surface area contributed by atoms with Crippen molar-refractivity contribution in [3.63, 3.8) is 0 Å². The summed E-state index contributed by atoms with van der Waals surface area (Å²) in [5.41, 5.74) is 3.66. The van der Waals surface area contributed by atoms with Gasteiger partial charge in [0.1, 0.15) is 11.3 Å². The van der Waals surface area contributed by atoms with Gasteiger partial charge in [-0.3, -0.25) is 9.25 Å². The highest BCUT2D eigenvalue weighted by Crippen LogP contribution is 2.27. The average Bonchev–Trinajstić information content (AvgIpc) is 2.91. The lowest BCUT2D eigenvalue weighted by molar-refractivity contribution is 0.766. The van der Waals surface area contributed by atoms with Gasteiger partial charge in [-0.25, -0.2) is 9.97 Å². The molecule has 0 spiro atoms. The van der Waals surface area contributed by atoms with Crippen molar-refractivity contribution in [1.82, 2.24) is 24.3 Å². The Balaban J connectivity index is 2.34. The Labute approximate surface area is 115 Å². The molecule has 0 aromatic carbocycles. The van der Waals surface area contributed by atoms with E-state index in [-0.39, 0.29) is 5.38 Å². The number of fused-ring (bicyclic) bond motifs is 1. The molecule has 5 nitrogen and oxygen atoms in total. The Hall–Kier alpha value is -1.88. The number of aromatic nitrogens is 5. The largest absolute Gasteiger partial charge is 0.276 e. The first-order valence-electron chi connectivity index (χ1n) is 6.04. The maximum atomic E-state index is 6.24. The van der Waals surface area contributed by atoms with Crippen molar-refractivity contribution >= 4 is 22.8 Å². The molecule has 3 aromatic rings. The van der Waals surface area contributed by atoms with E-state index in [2.05, 4.69) is 15.1 Å². The smallest absolute Gasteiger partial charge is 0.164 e. The van der Waals surface area contributed by atoms with Crippen molar-refractivity contribution in [2.24, 2.45) is 7.05 Å². The highest BCUT2D eigenvalue weighted by atomic mass is 35.5. The first kappa shape index (κ1) is 12.2. The number of alkyl halides is 1. The first-order chi connectivity index (χ1) is 9.06. The van der Waals surface area contributed by atoms with Gasteiger partial charge in [-0.15, -0.1) is 11.6 Å². The molecule has 0 aliphatic rings. The zero-order valence-electron chi connectivity index (χ0n) is 11.0. The minimum Gasteiger partial charge on any atom is -0.276 e. The molecule has 98 valence electrons. The molecule has 0 saturated carbocycles. The topological polar surface area (TPSA) is 48.5 Å². The first-order valence-corrected chi connectivity index (χ1v) is 6.48. The third-order valence-corrected chi connectivity index (χ3v) is 3.16. The van der Waals surface area contributed by atoms with E-state index in [9.17, 15) is 0 Å². The van der Waals surface area contributed by atoms with E-state index in [1.165, 1.54) is 0 Å². The van der Waals surface area contributed by atoms with E-state index in [0.29, 0.717) is 0 Å². The van der Waals surface area contributed by atoms with Crippen molar-refractivity contribution < 1.29 is 0 Å². The monoisotopic (exact) mass is 275 g/mol. The highest BCUT2D eigenvalue weighted by Gasteiger charge is 2.18. The average molecular weight is 276 g/mol. The summed E-state index contributed by atoms with van der Waals surface area (Å²) in [6.45, 7) is 3.90. The predicted octanol–water partition coefficient (Wildman–Crippen LogP) is 2.76. The Kier molecular flexibility index (Phi) is 2.78. The van der Waals surface area contributed by atoms with Crippen LogP contribution in [0.4, 0.5) is 0 Å². The van der Waals surface area contributed by atoms with Crippen LogP contribution in [-0.4, -0.2) is 24.3 Å². The zero-order valence-corrected chi connectivity index (χ0v) is 11.8. The minimum absolute atomic E-state index is 0.199. The number of rotatable bonds is 2. The second-order valence-electron chi connectivity index (χ2n) is 4.65. The summed E-state index contributed by atoms with van der Waals surface area (Å²) in [6, 6.07) is 2.01. The second-order valence-corrected chi connectivity index (χ2v) is 5.30. The van der Waals surface area contributed by atoms with Crippen LogP contribution < -0.4 is 0 Å². The fraction of sp³-hybridized carbons (Fsp3) is 0.308. The van der Waals surface area contributed by atoms with E-state index in [1.54, 1.807) is 10.9 Å². The van der Waals surface area contributed by atoms with E-state index in [1.807, 2.05) is 43.9 Å². The van der Waals surface area contributed by atoms with Gasteiger partial charge >= 0.3 is 0 Å². The summed E-state index contributed by atoms with van der Waals surface area (Å²) >= 11 is 6.24. The van der Waals surface area contributed by atoms with Crippen LogP contribution >= 0.6 is 11.6 Å². The number of imidazole rings is 1. The molecule has 0 bridgehead atoms. The third kappa shape index (κ3) is 2.00. The molecule has 0 fully saturated rings. The fourth-order valence-corrected chi connectivity index (χ4v) is 2.27. The lowest BCUT2D eigenvalue weighted by atomic mass is 10.3. The van der Waals surface area contributed by atoms with Crippen LogP contribution in [-0.2, 0) is 7.05 Å². The summed E-state index contributed by atoms with van der Waals surface area (Å²) in [5, 5.41) is 4.00. The van der Waals surface area contributed by atoms with Crippen molar-refractivity contribution in [3.05, 3.63) is 36.0 Å². The van der Waals surface area contributed by atoms with Crippen LogP contribution in [0.15, 0.2) is 24.7 Å². The second kappa shape index (κ2) is 4.35. The predicted molar refractivity (Wildman–Crippen MR) is 74.6 cm³/mol. The molecule has 3 rings (SSSR count). The molecule has 0 aliphatic heterocycles. The molecule has 0 radical (unpaired) electrons. The van der Waals surface area contributed by atoms with Crippen LogP contribution in [0.25, 0.3) is 16.9 Å². The molecule has 6 heteroatoms. The maximum Gasteiger partial charge on any atom is 0.164 e. The van der Waals surface area contributed by atoms with Crippen molar-refractivity contribution in [2.75, 3.05) is 0 Å². The highest BCUT2D eigenvalue weighted by molar-refractivity contribution is 6.20. The molecule has 0 saturated heterocycles. The molecule has 0 amide bonds. The standard InChI is InChI=1S/C13H14ClN5/c1-8-4-11-13(15-5-8)19(12(17-11)9(2)14)10-6-16-18(3)7-10/h4-7,9H,1-3H3. The van der Waals surface area contributed by atoms with Crippen LogP contribution in [0.2, 0.25) is 0 Å². The number of halogens is 1. The Morgan fingerprint density at radius 1 is 1.32 bits per heavy atom. The summed E-state index contributed by atoms with van der Waals surface area (Å²) in [7, 11) is 1.88. The lowest BCUT2D eigenvalue weighted by Crippen LogP contribution is -2.01. The molecule has 1 unspecified atom stereocenters. The van der Waals surface area contributed by atoms with Gasteiger partial charge in [-0.2, -0.15) is 5.10 Å². The van der Waals surface area contributed by atoms with Gasteiger partial charge in [0.2, 0.25) is 0 Å². The number of hydrogen-bond acceptors (Lipinski definition) is 3. The van der Waals surface area contributed by atoms with Gasteiger partial charge < -0.3 is 0 Å². The Morgan fingerprint density at radius 3 is 2.74 bits per heavy atom. The minimum atomic E-state index is -0.199. The van der Waals surface area contributed by atoms with Gasteiger partial charge in [0, 0.05) is 19.4 Å². The zero-order chi connectivity index (χ0) is 13.6. The molecule has 0 aliphatic carbocycles. The quantitative estimate of drug-likeness (QED) is 0.676. The van der Waals surface area contributed by atoms with Crippen LogP contribution in [0.1, 0.15) is 23.7 Å². The summed E-state index contributed by atoms with van der Waals surface area (Å²) in [5.74, 6) is 0.780. The number of nitrogens with zero attached hydrogens (tertiary/aromatic N) is 5. The molecule has 3 aromatic heterocycles. The van der Waals surface area contributed by atoms with Gasteiger partial charge in [-0.05, 0) is 25.5 Å². The van der Waals surface area contributed by atoms with Crippen LogP contribution in [0.3, 0.4) is 0 Å². The number of hydrogen-bond donors (Lipinski definition) is 0. The third-order valence-electron chi connectivity index (χ3n) is 2.97. The lowest BCUT2D eigenvalue weighted by Gasteiger charge is -2.06. The number of pyridine rings is 1. The van der Waals surface area contributed by atoms with E-state index < -0.39 is 0 Å². The van der Waals surface area contributed by atoms with Crippen molar-refractivity contribution in [2.45, 2.75) is 19.2 Å². The molecule has 1 atom stereocenters. The molecular weight excluding hydrogens is 262 g/mol. The summed E-state index contributed by atoms with van der Waals surface area (Å²) < 4.78 is 3.71.